The molecule has 0 amide bonds. The summed E-state index contributed by atoms with van der Waals surface area (Å²) >= 11 is 0. The highest BCUT2D eigenvalue weighted by Gasteiger charge is 2.12. The molecule has 0 aliphatic carbocycles. The lowest BCUT2D eigenvalue weighted by Crippen LogP contribution is -2.03. The molecule has 0 unspecified atom stereocenters. The minimum atomic E-state index is -0.690. The van der Waals surface area contributed by atoms with E-state index in [9.17, 15) is 8.78 Å². The van der Waals surface area contributed by atoms with Gasteiger partial charge in [-0.15, -0.1) is 0 Å². The van der Waals surface area contributed by atoms with E-state index >= 15 is 0 Å². The van der Waals surface area contributed by atoms with Gasteiger partial charge in [0.2, 0.25) is 5.95 Å². The van der Waals surface area contributed by atoms with Crippen LogP contribution in [-0.2, 0) is 0 Å². The summed E-state index contributed by atoms with van der Waals surface area (Å²) in [5.41, 5.74) is 5.46. The molecule has 3 N–H and O–H groups in total. The average Bonchev–Trinajstić information content (AvgIpc) is 2.30. The van der Waals surface area contributed by atoms with Gasteiger partial charge in [0.15, 0.2) is 5.82 Å². The second-order valence-electron chi connectivity index (χ2n) is 3.48. The van der Waals surface area contributed by atoms with Crippen LogP contribution in [0.5, 0.6) is 0 Å². The molecule has 0 atom stereocenters. The van der Waals surface area contributed by atoms with Gasteiger partial charge in [0.1, 0.15) is 17.3 Å². The third-order valence-corrected chi connectivity index (χ3v) is 2.21. The number of nitrogens with zero attached hydrogens (tertiary/aromatic N) is 2. The van der Waals surface area contributed by atoms with Gasteiger partial charge in [-0.05, 0) is 24.6 Å². The summed E-state index contributed by atoms with van der Waals surface area (Å²) in [6, 6.07) is 4.02. The largest absolute Gasteiger partial charge is 0.368 e. The van der Waals surface area contributed by atoms with E-state index in [0.717, 1.165) is 0 Å². The molecule has 0 saturated carbocycles. The Bertz CT molecular complexity index is 557. The lowest BCUT2D eigenvalue weighted by molar-refractivity contribution is 0.584. The molecule has 1 aromatic heterocycles. The van der Waals surface area contributed by atoms with Crippen molar-refractivity contribution in [2.45, 2.75) is 6.92 Å². The predicted molar refractivity (Wildman–Crippen MR) is 60.8 cm³/mol. The van der Waals surface area contributed by atoms with E-state index < -0.39 is 11.6 Å². The van der Waals surface area contributed by atoms with Crippen LogP contribution < -0.4 is 11.1 Å². The monoisotopic (exact) mass is 236 g/mol. The second-order valence-corrected chi connectivity index (χ2v) is 3.48. The lowest BCUT2D eigenvalue weighted by Gasteiger charge is -2.09. The van der Waals surface area contributed by atoms with Crippen LogP contribution in [0, 0.1) is 18.6 Å². The van der Waals surface area contributed by atoms with Gasteiger partial charge in [0.05, 0.1) is 0 Å². The maximum absolute atomic E-state index is 13.7. The van der Waals surface area contributed by atoms with E-state index in [1.807, 2.05) is 0 Å². The maximum atomic E-state index is 13.7. The molecule has 17 heavy (non-hydrogen) atoms. The first kappa shape index (κ1) is 11.3. The highest BCUT2D eigenvalue weighted by atomic mass is 19.1. The smallest absolute Gasteiger partial charge is 0.221 e. The van der Waals surface area contributed by atoms with Crippen molar-refractivity contribution in [3.8, 4) is 0 Å². The minimum absolute atomic E-state index is 0.0310. The molecule has 1 aromatic carbocycles. The summed E-state index contributed by atoms with van der Waals surface area (Å²) in [5.74, 6) is -1.07. The number of anilines is 3. The highest BCUT2D eigenvalue weighted by Crippen LogP contribution is 2.24. The van der Waals surface area contributed by atoms with E-state index in [1.165, 1.54) is 24.4 Å². The van der Waals surface area contributed by atoms with Crippen molar-refractivity contribution in [1.82, 2.24) is 9.97 Å². The van der Waals surface area contributed by atoms with Gasteiger partial charge >= 0.3 is 0 Å². The van der Waals surface area contributed by atoms with Crippen LogP contribution in [0.4, 0.5) is 26.2 Å². The molecular weight excluding hydrogens is 226 g/mol. The first-order valence-electron chi connectivity index (χ1n) is 4.88. The topological polar surface area (TPSA) is 63.8 Å². The van der Waals surface area contributed by atoms with Crippen LogP contribution in [0.2, 0.25) is 0 Å². The molecule has 0 radical (unpaired) electrons. The van der Waals surface area contributed by atoms with Crippen molar-refractivity contribution < 1.29 is 8.78 Å². The van der Waals surface area contributed by atoms with E-state index in [2.05, 4.69) is 15.3 Å². The zero-order valence-electron chi connectivity index (χ0n) is 9.04. The Morgan fingerprint density at radius 1 is 1.24 bits per heavy atom. The molecule has 4 nitrogen and oxygen atoms in total. The molecule has 2 rings (SSSR count). The van der Waals surface area contributed by atoms with Crippen molar-refractivity contribution in [3.63, 3.8) is 0 Å². The zero-order chi connectivity index (χ0) is 12.4. The van der Waals surface area contributed by atoms with Crippen molar-refractivity contribution in [2.75, 3.05) is 11.1 Å². The Labute approximate surface area is 96.5 Å². The first-order chi connectivity index (χ1) is 8.08. The van der Waals surface area contributed by atoms with Gasteiger partial charge in [-0.1, -0.05) is 6.07 Å². The van der Waals surface area contributed by atoms with E-state index in [4.69, 9.17) is 5.73 Å². The Balaban J connectivity index is 2.39. The van der Waals surface area contributed by atoms with Crippen molar-refractivity contribution in [3.05, 3.63) is 41.6 Å². The fraction of sp³-hybridized carbons (Fsp3) is 0.0909. The molecule has 1 heterocycles. The second kappa shape index (κ2) is 4.32. The number of aryl methyl sites for hydroxylation is 1. The number of nitrogens with two attached hydrogens (primary N) is 1. The Morgan fingerprint density at radius 2 is 2.00 bits per heavy atom. The quantitative estimate of drug-likeness (QED) is 0.840. The Hall–Kier alpha value is -2.24. The fourth-order valence-electron chi connectivity index (χ4n) is 1.34. The molecular formula is C11H10F2N4. The zero-order valence-corrected chi connectivity index (χ0v) is 9.04. The third kappa shape index (κ3) is 2.30. The standard InChI is InChI=1S/C11H10F2N4/c1-6-2-3-7(12)10(9(6)13)16-8-4-5-15-11(14)17-8/h2-5H,1H3,(H3,14,15,16,17). The average molecular weight is 236 g/mol. The van der Waals surface area contributed by atoms with E-state index in [0.29, 0.717) is 5.56 Å². The van der Waals surface area contributed by atoms with Crippen LogP contribution in [-0.4, -0.2) is 9.97 Å². The molecule has 0 fully saturated rings. The summed E-state index contributed by atoms with van der Waals surface area (Å²) in [4.78, 5) is 7.49. The van der Waals surface area contributed by atoms with Gasteiger partial charge in [0, 0.05) is 6.20 Å². The predicted octanol–water partition coefficient (Wildman–Crippen LogP) is 2.39. The van der Waals surface area contributed by atoms with Gasteiger partial charge in [-0.25, -0.2) is 13.8 Å². The van der Waals surface area contributed by atoms with Gasteiger partial charge < -0.3 is 11.1 Å². The van der Waals surface area contributed by atoms with Gasteiger partial charge in [-0.3, -0.25) is 0 Å². The minimum Gasteiger partial charge on any atom is -0.368 e. The molecule has 0 aliphatic rings. The number of nitrogens with one attached hydrogen (secondary N) is 1. The Kier molecular flexibility index (Phi) is 2.86. The number of nitrogen functional groups attached to an aromatic ring is 1. The van der Waals surface area contributed by atoms with Crippen LogP contribution in [0.1, 0.15) is 5.56 Å². The van der Waals surface area contributed by atoms with Crippen LogP contribution >= 0.6 is 0 Å². The summed E-state index contributed by atoms with van der Waals surface area (Å²) in [7, 11) is 0. The van der Waals surface area contributed by atoms with Crippen LogP contribution in [0.3, 0.4) is 0 Å². The summed E-state index contributed by atoms with van der Waals surface area (Å²) in [6.45, 7) is 1.55. The van der Waals surface area contributed by atoms with E-state index in [1.54, 1.807) is 6.92 Å². The maximum Gasteiger partial charge on any atom is 0.221 e. The van der Waals surface area contributed by atoms with Crippen molar-refractivity contribution >= 4 is 17.5 Å². The number of rotatable bonds is 2. The molecule has 2 aromatic rings. The summed E-state index contributed by atoms with van der Waals surface area (Å²) < 4.78 is 27.1. The molecule has 0 bridgehead atoms. The number of hydrogen-bond donors (Lipinski definition) is 2. The highest BCUT2D eigenvalue weighted by molar-refractivity contribution is 5.59. The van der Waals surface area contributed by atoms with Gasteiger partial charge in [-0.2, -0.15) is 4.98 Å². The molecule has 0 spiro atoms. The van der Waals surface area contributed by atoms with Crippen molar-refractivity contribution in [2.24, 2.45) is 0 Å². The van der Waals surface area contributed by atoms with Crippen molar-refractivity contribution in [1.29, 1.82) is 0 Å². The summed E-state index contributed by atoms with van der Waals surface area (Å²) in [5, 5.41) is 2.54. The van der Waals surface area contributed by atoms with E-state index in [-0.39, 0.29) is 17.5 Å². The van der Waals surface area contributed by atoms with Crippen LogP contribution in [0.25, 0.3) is 0 Å². The first-order valence-corrected chi connectivity index (χ1v) is 4.88. The third-order valence-electron chi connectivity index (χ3n) is 2.21. The lowest BCUT2D eigenvalue weighted by atomic mass is 10.2. The normalized spacial score (nSPS) is 10.3. The molecule has 6 heteroatoms. The Morgan fingerprint density at radius 3 is 2.71 bits per heavy atom. The molecule has 0 aliphatic heterocycles. The van der Waals surface area contributed by atoms with Crippen LogP contribution in [0.15, 0.2) is 24.4 Å². The SMILES string of the molecule is Cc1ccc(F)c(Nc2ccnc(N)n2)c1F. The number of aromatic nitrogens is 2. The summed E-state index contributed by atoms with van der Waals surface area (Å²) in [6.07, 6.45) is 1.40. The van der Waals surface area contributed by atoms with Gasteiger partial charge in [0.25, 0.3) is 0 Å². The number of benzene rings is 1. The number of hydrogen-bond acceptors (Lipinski definition) is 4. The molecule has 88 valence electrons. The fourth-order valence-corrected chi connectivity index (χ4v) is 1.34. The number of halogens is 2. The molecule has 0 saturated heterocycles.